The van der Waals surface area contributed by atoms with Gasteiger partial charge in [-0.2, -0.15) is 5.26 Å². The van der Waals surface area contributed by atoms with Crippen LogP contribution < -0.4 is 0 Å². The lowest BCUT2D eigenvalue weighted by atomic mass is 9.94. The summed E-state index contributed by atoms with van der Waals surface area (Å²) < 4.78 is 0. The molecular weight excluding hydrogens is 228 g/mol. The molecule has 1 unspecified atom stereocenters. The molecule has 0 heterocycles. The minimum absolute atomic E-state index is 0.0110. The molecule has 18 heavy (non-hydrogen) atoms. The van der Waals surface area contributed by atoms with Gasteiger partial charge in [-0.3, -0.25) is 4.89 Å². The minimum Gasteiger partial charge on any atom is -0.286 e. The maximum Gasteiger partial charge on any atom is 0.416 e. The summed E-state index contributed by atoms with van der Waals surface area (Å²) in [7, 11) is 0. The van der Waals surface area contributed by atoms with Gasteiger partial charge in [0, 0.05) is 11.8 Å². The van der Waals surface area contributed by atoms with Crippen LogP contribution in [0.2, 0.25) is 0 Å². The summed E-state index contributed by atoms with van der Waals surface area (Å²) in [6, 6.07) is 9.84. The Morgan fingerprint density at radius 1 is 1.33 bits per heavy atom. The molecule has 3 heteroatoms. The first-order valence-corrected chi connectivity index (χ1v) is 6.19. The molecule has 0 spiro atoms. The summed E-state index contributed by atoms with van der Waals surface area (Å²) in [6.07, 6.45) is 4.27. The van der Waals surface area contributed by atoms with Gasteiger partial charge in [0.1, 0.15) is 0 Å². The summed E-state index contributed by atoms with van der Waals surface area (Å²) in [4.78, 5) is 14.4. The van der Waals surface area contributed by atoms with Crippen molar-refractivity contribution in [1.29, 1.82) is 0 Å². The summed E-state index contributed by atoms with van der Waals surface area (Å²) in [5, 5.41) is 8.18. The SMILES string of the molecule is CCCCCC(C#CC(=O)OO)c1ccccc1. The predicted molar refractivity (Wildman–Crippen MR) is 69.8 cm³/mol. The first-order chi connectivity index (χ1) is 8.77. The second-order valence-corrected chi connectivity index (χ2v) is 4.11. The molecule has 96 valence electrons. The fourth-order valence-corrected chi connectivity index (χ4v) is 1.77. The van der Waals surface area contributed by atoms with E-state index in [0.29, 0.717) is 0 Å². The van der Waals surface area contributed by atoms with Gasteiger partial charge in [0.15, 0.2) is 0 Å². The van der Waals surface area contributed by atoms with Crippen LogP contribution in [0.1, 0.15) is 44.1 Å². The Morgan fingerprint density at radius 2 is 2.06 bits per heavy atom. The third-order valence-corrected chi connectivity index (χ3v) is 2.73. The molecule has 0 aromatic heterocycles. The monoisotopic (exact) mass is 246 g/mol. The Morgan fingerprint density at radius 3 is 2.67 bits per heavy atom. The van der Waals surface area contributed by atoms with Crippen LogP contribution in [-0.4, -0.2) is 11.2 Å². The van der Waals surface area contributed by atoms with Crippen LogP contribution in [0.5, 0.6) is 0 Å². The van der Waals surface area contributed by atoms with Gasteiger partial charge < -0.3 is 0 Å². The van der Waals surface area contributed by atoms with E-state index in [1.54, 1.807) is 0 Å². The number of unbranched alkanes of at least 4 members (excludes halogenated alkanes) is 2. The lowest BCUT2D eigenvalue weighted by Crippen LogP contribution is -2.00. The van der Waals surface area contributed by atoms with Crippen LogP contribution in [0.4, 0.5) is 0 Å². The molecule has 1 atom stereocenters. The van der Waals surface area contributed by atoms with Crippen molar-refractivity contribution in [3.05, 3.63) is 35.9 Å². The molecule has 1 aromatic rings. The third-order valence-electron chi connectivity index (χ3n) is 2.73. The Labute approximate surface area is 108 Å². The van der Waals surface area contributed by atoms with E-state index in [-0.39, 0.29) is 5.92 Å². The summed E-state index contributed by atoms with van der Waals surface area (Å²) in [5.41, 5.74) is 1.09. The van der Waals surface area contributed by atoms with Gasteiger partial charge in [-0.1, -0.05) is 62.4 Å². The normalized spacial score (nSPS) is 11.2. The molecule has 0 fully saturated rings. The first-order valence-electron chi connectivity index (χ1n) is 6.19. The van der Waals surface area contributed by atoms with Gasteiger partial charge >= 0.3 is 5.97 Å². The molecule has 3 nitrogen and oxygen atoms in total. The average Bonchev–Trinajstić information content (AvgIpc) is 2.43. The summed E-state index contributed by atoms with van der Waals surface area (Å²) in [6.45, 7) is 2.15. The smallest absolute Gasteiger partial charge is 0.286 e. The van der Waals surface area contributed by atoms with E-state index < -0.39 is 5.97 Å². The standard InChI is InChI=1S/C15H18O3/c1-2-3-5-8-14(11-12-15(16)18-17)13-9-6-4-7-10-13/h4,6-7,9-10,14,17H,2-3,5,8H2,1H3. The highest BCUT2D eigenvalue weighted by Crippen LogP contribution is 2.21. The van der Waals surface area contributed by atoms with E-state index in [4.69, 9.17) is 5.26 Å². The first kappa shape index (κ1) is 14.3. The maximum atomic E-state index is 10.8. The highest BCUT2D eigenvalue weighted by molar-refractivity contribution is 5.88. The van der Waals surface area contributed by atoms with Crippen molar-refractivity contribution in [2.24, 2.45) is 0 Å². The van der Waals surface area contributed by atoms with Gasteiger partial charge in [-0.05, 0) is 12.0 Å². The maximum absolute atomic E-state index is 10.8. The Bertz CT molecular complexity index is 414. The van der Waals surface area contributed by atoms with Gasteiger partial charge in [0.05, 0.1) is 0 Å². The van der Waals surface area contributed by atoms with Crippen molar-refractivity contribution in [2.75, 3.05) is 0 Å². The zero-order valence-corrected chi connectivity index (χ0v) is 10.6. The zero-order valence-electron chi connectivity index (χ0n) is 10.6. The molecule has 0 amide bonds. The molecule has 1 N–H and O–H groups in total. The van der Waals surface area contributed by atoms with Crippen molar-refractivity contribution >= 4 is 5.97 Å². The van der Waals surface area contributed by atoms with Crippen LogP contribution >= 0.6 is 0 Å². The van der Waals surface area contributed by atoms with Gasteiger partial charge in [0.2, 0.25) is 0 Å². The van der Waals surface area contributed by atoms with Crippen molar-refractivity contribution < 1.29 is 14.9 Å². The number of hydrogen-bond donors (Lipinski definition) is 1. The Kier molecular flexibility index (Phi) is 6.60. The topological polar surface area (TPSA) is 46.5 Å². The van der Waals surface area contributed by atoms with Gasteiger partial charge in [-0.25, -0.2) is 4.79 Å². The molecule has 0 saturated heterocycles. The zero-order chi connectivity index (χ0) is 13.2. The molecule has 0 bridgehead atoms. The van der Waals surface area contributed by atoms with Crippen molar-refractivity contribution in [3.63, 3.8) is 0 Å². The van der Waals surface area contributed by atoms with E-state index in [1.807, 2.05) is 30.3 Å². The highest BCUT2D eigenvalue weighted by Gasteiger charge is 2.08. The van der Waals surface area contributed by atoms with Crippen molar-refractivity contribution in [2.45, 2.75) is 38.5 Å². The molecular formula is C15H18O3. The largest absolute Gasteiger partial charge is 0.416 e. The Hall–Kier alpha value is -1.79. The second kappa shape index (κ2) is 8.32. The van der Waals surface area contributed by atoms with E-state index in [0.717, 1.165) is 31.2 Å². The van der Waals surface area contributed by atoms with Crippen LogP contribution in [-0.2, 0) is 9.68 Å². The second-order valence-electron chi connectivity index (χ2n) is 4.11. The quantitative estimate of drug-likeness (QED) is 0.375. The number of hydrogen-bond acceptors (Lipinski definition) is 3. The van der Waals surface area contributed by atoms with Crippen LogP contribution in [0.3, 0.4) is 0 Å². The minimum atomic E-state index is -0.911. The lowest BCUT2D eigenvalue weighted by molar-refractivity contribution is -0.226. The molecule has 0 aliphatic heterocycles. The summed E-state index contributed by atoms with van der Waals surface area (Å²) >= 11 is 0. The molecule has 1 rings (SSSR count). The Balaban J connectivity index is 2.74. The van der Waals surface area contributed by atoms with E-state index in [1.165, 1.54) is 0 Å². The van der Waals surface area contributed by atoms with E-state index >= 15 is 0 Å². The molecule has 0 aliphatic carbocycles. The van der Waals surface area contributed by atoms with Crippen molar-refractivity contribution in [1.82, 2.24) is 0 Å². The fraction of sp³-hybridized carbons (Fsp3) is 0.400. The average molecular weight is 246 g/mol. The van der Waals surface area contributed by atoms with Crippen molar-refractivity contribution in [3.8, 4) is 11.8 Å². The van der Waals surface area contributed by atoms with Gasteiger partial charge in [0.25, 0.3) is 0 Å². The van der Waals surface area contributed by atoms with E-state index in [2.05, 4.69) is 23.7 Å². The van der Waals surface area contributed by atoms with Crippen LogP contribution in [0.25, 0.3) is 0 Å². The fourth-order valence-electron chi connectivity index (χ4n) is 1.77. The number of benzene rings is 1. The summed E-state index contributed by atoms with van der Waals surface area (Å²) in [5.74, 6) is 4.26. The third kappa shape index (κ3) is 5.03. The number of carbonyl (C=O) groups excluding carboxylic acids is 1. The number of rotatable bonds is 5. The predicted octanol–water partition coefficient (Wildman–Crippen LogP) is 3.37. The molecule has 1 aromatic carbocycles. The van der Waals surface area contributed by atoms with Gasteiger partial charge in [-0.15, -0.1) is 0 Å². The molecule has 0 saturated carbocycles. The molecule has 0 aliphatic rings. The van der Waals surface area contributed by atoms with Crippen LogP contribution in [0.15, 0.2) is 30.3 Å². The lowest BCUT2D eigenvalue weighted by Gasteiger charge is -2.10. The number of carbonyl (C=O) groups is 1. The van der Waals surface area contributed by atoms with Crippen LogP contribution in [0, 0.1) is 11.8 Å². The highest BCUT2D eigenvalue weighted by atomic mass is 17.1. The van der Waals surface area contributed by atoms with E-state index in [9.17, 15) is 4.79 Å². The molecule has 0 radical (unpaired) electrons.